The molecule has 0 aliphatic carbocycles. The summed E-state index contributed by atoms with van der Waals surface area (Å²) >= 11 is 5.93. The lowest BCUT2D eigenvalue weighted by Crippen LogP contribution is -3.11. The van der Waals surface area contributed by atoms with E-state index >= 15 is 0 Å². The van der Waals surface area contributed by atoms with Crippen molar-refractivity contribution in [2.75, 3.05) is 37.9 Å². The third kappa shape index (κ3) is 5.77. The number of aryl methyl sites for hydroxylation is 1. The van der Waals surface area contributed by atoms with Crippen LogP contribution in [-0.4, -0.2) is 44.2 Å². The van der Waals surface area contributed by atoms with Crippen molar-refractivity contribution >= 4 is 34.9 Å². The van der Waals surface area contributed by atoms with Gasteiger partial charge in [0.2, 0.25) is 0 Å². The van der Waals surface area contributed by atoms with Gasteiger partial charge in [0, 0.05) is 11.1 Å². The molecule has 0 fully saturated rings. The average molecular weight is 368 g/mol. The molecule has 3 N–H and O–H groups in total. The highest BCUT2D eigenvalue weighted by Gasteiger charge is 2.16. The molecule has 2 amide bonds. The van der Waals surface area contributed by atoms with E-state index in [0.717, 1.165) is 0 Å². The molecule has 1 unspecified atom stereocenters. The maximum atomic E-state index is 12.2. The number of methoxy groups -OCH3 is 1. The first kappa shape index (κ1) is 18.8. The zero-order chi connectivity index (χ0) is 18.4. The quantitative estimate of drug-likeness (QED) is 0.670. The summed E-state index contributed by atoms with van der Waals surface area (Å²) in [7, 11) is 3.24. The third-order valence-electron chi connectivity index (χ3n) is 3.26. The summed E-state index contributed by atoms with van der Waals surface area (Å²) in [5.41, 5.74) is 0.482. The van der Waals surface area contributed by atoms with Crippen molar-refractivity contribution < 1.29 is 23.7 Å². The summed E-state index contributed by atoms with van der Waals surface area (Å²) in [5.74, 6) is 0.936. The Morgan fingerprint density at radius 3 is 2.52 bits per heavy atom. The number of amides is 2. The normalized spacial score (nSPS) is 11.7. The zero-order valence-electron chi connectivity index (χ0n) is 14.2. The minimum atomic E-state index is -0.265. The summed E-state index contributed by atoms with van der Waals surface area (Å²) in [6.45, 7) is 1.93. The van der Waals surface area contributed by atoms with Crippen LogP contribution in [0.3, 0.4) is 0 Å². The molecule has 25 heavy (non-hydrogen) atoms. The van der Waals surface area contributed by atoms with Crippen LogP contribution in [0, 0.1) is 6.92 Å². The molecule has 1 atom stereocenters. The van der Waals surface area contributed by atoms with Gasteiger partial charge in [0.1, 0.15) is 11.5 Å². The molecular weight excluding hydrogens is 348 g/mol. The van der Waals surface area contributed by atoms with Crippen LogP contribution in [0.25, 0.3) is 0 Å². The highest BCUT2D eigenvalue weighted by molar-refractivity contribution is 6.31. The second kappa shape index (κ2) is 8.50. The van der Waals surface area contributed by atoms with Crippen LogP contribution < -0.4 is 20.3 Å². The molecule has 9 heteroatoms. The van der Waals surface area contributed by atoms with E-state index in [0.29, 0.717) is 32.9 Å². The number of halogens is 1. The number of carbonyl (C=O) groups excluding carboxylic acids is 2. The molecule has 1 aromatic heterocycles. The fourth-order valence-corrected chi connectivity index (χ4v) is 2.37. The Labute approximate surface area is 150 Å². The Morgan fingerprint density at radius 1 is 1.24 bits per heavy atom. The second-order valence-corrected chi connectivity index (χ2v) is 6.01. The maximum Gasteiger partial charge on any atom is 0.280 e. The molecule has 134 valence electrons. The van der Waals surface area contributed by atoms with Gasteiger partial charge in [-0.05, 0) is 25.1 Å². The smallest absolute Gasteiger partial charge is 0.280 e. The van der Waals surface area contributed by atoms with Crippen LogP contribution in [0.4, 0.5) is 11.5 Å². The summed E-state index contributed by atoms with van der Waals surface area (Å²) in [4.78, 5) is 24.8. The molecule has 2 aromatic rings. The minimum Gasteiger partial charge on any atom is -0.495 e. The lowest BCUT2D eigenvalue weighted by molar-refractivity contribution is -0.862. The van der Waals surface area contributed by atoms with E-state index < -0.39 is 0 Å². The van der Waals surface area contributed by atoms with E-state index in [1.165, 1.54) is 7.11 Å². The largest absolute Gasteiger partial charge is 0.495 e. The highest BCUT2D eigenvalue weighted by atomic mass is 35.5. The number of likely N-dealkylation sites (N-methyl/N-ethyl adjacent to an activating group) is 1. The van der Waals surface area contributed by atoms with Gasteiger partial charge in [-0.2, -0.15) is 0 Å². The first-order valence-corrected chi connectivity index (χ1v) is 7.93. The average Bonchev–Trinajstić information content (AvgIpc) is 2.91. The van der Waals surface area contributed by atoms with Crippen LogP contribution in [0.5, 0.6) is 5.75 Å². The topological polar surface area (TPSA) is 97.9 Å². The monoisotopic (exact) mass is 367 g/mol. The minimum absolute atomic E-state index is 0.0981. The van der Waals surface area contributed by atoms with Crippen molar-refractivity contribution in [1.29, 1.82) is 0 Å². The van der Waals surface area contributed by atoms with E-state index in [1.54, 1.807) is 38.2 Å². The zero-order valence-corrected chi connectivity index (χ0v) is 14.9. The molecule has 0 aliphatic rings. The van der Waals surface area contributed by atoms with Crippen molar-refractivity contribution in [2.45, 2.75) is 6.92 Å². The first-order valence-electron chi connectivity index (χ1n) is 7.55. The predicted molar refractivity (Wildman–Crippen MR) is 93.1 cm³/mol. The van der Waals surface area contributed by atoms with Crippen molar-refractivity contribution in [2.24, 2.45) is 0 Å². The number of anilines is 2. The third-order valence-corrected chi connectivity index (χ3v) is 3.49. The molecule has 0 spiro atoms. The van der Waals surface area contributed by atoms with Gasteiger partial charge < -0.3 is 24.8 Å². The number of ether oxygens (including phenoxy) is 1. The van der Waals surface area contributed by atoms with Crippen molar-refractivity contribution in [1.82, 2.24) is 5.16 Å². The fraction of sp³-hybridized carbons (Fsp3) is 0.312. The van der Waals surface area contributed by atoms with Crippen LogP contribution in [0.15, 0.2) is 28.8 Å². The van der Waals surface area contributed by atoms with Crippen molar-refractivity contribution in [3.05, 3.63) is 35.0 Å². The summed E-state index contributed by atoms with van der Waals surface area (Å²) in [6.07, 6.45) is 0. The number of rotatable bonds is 7. The Bertz CT molecular complexity index is 762. The molecule has 1 aromatic carbocycles. The Morgan fingerprint density at radius 2 is 1.92 bits per heavy atom. The van der Waals surface area contributed by atoms with Crippen molar-refractivity contribution in [3.8, 4) is 5.75 Å². The lowest BCUT2D eigenvalue weighted by atomic mass is 10.3. The predicted octanol–water partition coefficient (Wildman–Crippen LogP) is 0.737. The molecular formula is C16H20ClN4O4+. The molecule has 0 radical (unpaired) electrons. The van der Waals surface area contributed by atoms with Gasteiger partial charge >= 0.3 is 0 Å². The van der Waals surface area contributed by atoms with Gasteiger partial charge in [-0.3, -0.25) is 9.59 Å². The molecule has 1 heterocycles. The lowest BCUT2D eigenvalue weighted by Gasteiger charge is -2.14. The van der Waals surface area contributed by atoms with Crippen LogP contribution >= 0.6 is 11.6 Å². The van der Waals surface area contributed by atoms with Crippen LogP contribution in [0.2, 0.25) is 5.02 Å². The standard InChI is InChI=1S/C16H19ClN4O4/c1-10-6-14(20-25-10)19-16(23)9-21(2)8-15(22)18-12-7-11(17)4-5-13(12)24-3/h4-7H,8-9H2,1-3H3,(H,18,22)(H,19,20,23)/p+1. The Balaban J connectivity index is 1.85. The second-order valence-electron chi connectivity index (χ2n) is 5.57. The summed E-state index contributed by atoms with van der Waals surface area (Å²) in [5, 5.41) is 9.51. The van der Waals surface area contributed by atoms with Gasteiger partial charge in [-0.1, -0.05) is 16.8 Å². The number of hydrogen-bond donors (Lipinski definition) is 3. The fourth-order valence-electron chi connectivity index (χ4n) is 2.20. The van der Waals surface area contributed by atoms with Gasteiger partial charge in [-0.15, -0.1) is 0 Å². The van der Waals surface area contributed by atoms with Gasteiger partial charge in [-0.25, -0.2) is 0 Å². The van der Waals surface area contributed by atoms with E-state index in [2.05, 4.69) is 15.8 Å². The maximum absolute atomic E-state index is 12.2. The number of quaternary nitrogens is 1. The number of carbonyl (C=O) groups is 2. The highest BCUT2D eigenvalue weighted by Crippen LogP contribution is 2.27. The molecule has 0 bridgehead atoms. The van der Waals surface area contributed by atoms with E-state index in [9.17, 15) is 9.59 Å². The number of nitrogens with one attached hydrogen (secondary N) is 3. The van der Waals surface area contributed by atoms with Crippen molar-refractivity contribution in [3.63, 3.8) is 0 Å². The summed E-state index contributed by atoms with van der Waals surface area (Å²) in [6, 6.07) is 6.56. The number of nitrogens with zero attached hydrogens (tertiary/aromatic N) is 1. The molecule has 8 nitrogen and oxygen atoms in total. The van der Waals surface area contributed by atoms with E-state index in [1.807, 2.05) is 0 Å². The number of aromatic nitrogens is 1. The SMILES string of the molecule is COc1ccc(Cl)cc1NC(=O)C[NH+](C)CC(=O)Nc1cc(C)on1. The van der Waals surface area contributed by atoms with Crippen LogP contribution in [0.1, 0.15) is 5.76 Å². The van der Waals surface area contributed by atoms with E-state index in [4.69, 9.17) is 20.9 Å². The molecule has 0 saturated carbocycles. The van der Waals surface area contributed by atoms with Gasteiger partial charge in [0.15, 0.2) is 18.9 Å². The molecule has 2 rings (SSSR count). The van der Waals surface area contributed by atoms with Gasteiger partial charge in [0.25, 0.3) is 11.8 Å². The van der Waals surface area contributed by atoms with Gasteiger partial charge in [0.05, 0.1) is 19.8 Å². The number of benzene rings is 1. The van der Waals surface area contributed by atoms with E-state index in [-0.39, 0.29) is 24.9 Å². The molecule has 0 saturated heterocycles. The number of hydrogen-bond acceptors (Lipinski definition) is 5. The van der Waals surface area contributed by atoms with Crippen LogP contribution in [-0.2, 0) is 9.59 Å². The summed E-state index contributed by atoms with van der Waals surface area (Å²) < 4.78 is 10.1. The Hall–Kier alpha value is -2.58. The Kier molecular flexibility index (Phi) is 6.37. The molecule has 0 aliphatic heterocycles. The first-order chi connectivity index (χ1) is 11.9.